The van der Waals surface area contributed by atoms with Gasteiger partial charge in [0.15, 0.2) is 0 Å². The molecule has 2 nitrogen and oxygen atoms in total. The summed E-state index contributed by atoms with van der Waals surface area (Å²) >= 11 is 0. The number of hydrogen-bond donors (Lipinski definition) is 1. The van der Waals surface area contributed by atoms with Gasteiger partial charge in [0.05, 0.1) is 6.10 Å². The molecule has 0 radical (unpaired) electrons. The number of halogens is 1. The van der Waals surface area contributed by atoms with Crippen molar-refractivity contribution in [1.82, 2.24) is 5.32 Å². The lowest BCUT2D eigenvalue weighted by Crippen LogP contribution is -2.41. The van der Waals surface area contributed by atoms with E-state index in [1.54, 1.807) is 7.11 Å². The Morgan fingerprint density at radius 1 is 1.21 bits per heavy atom. The molecule has 0 spiro atoms. The highest BCUT2D eigenvalue weighted by Crippen LogP contribution is 2.21. The summed E-state index contributed by atoms with van der Waals surface area (Å²) in [6, 6.07) is 7.83. The van der Waals surface area contributed by atoms with Crippen LogP contribution in [0.4, 0.5) is 4.39 Å². The third kappa shape index (κ3) is 4.59. The molecule has 1 aliphatic rings. The second-order valence-corrected chi connectivity index (χ2v) is 5.61. The Morgan fingerprint density at radius 3 is 2.42 bits per heavy atom. The quantitative estimate of drug-likeness (QED) is 0.882. The molecule has 1 aromatic carbocycles. The average Bonchev–Trinajstić information content (AvgIpc) is 2.42. The standard InChI is InChI=1S/C16H24FNO/c1-12(11-13-3-5-14(17)6-4-13)18-15-7-9-16(19-2)10-8-15/h3-6,12,15-16,18H,7-11H2,1-2H3. The molecule has 0 saturated heterocycles. The van der Waals surface area contributed by atoms with Gasteiger partial charge >= 0.3 is 0 Å². The summed E-state index contributed by atoms with van der Waals surface area (Å²) in [6.07, 6.45) is 6.07. The van der Waals surface area contributed by atoms with Crippen LogP contribution in [0.1, 0.15) is 38.2 Å². The molecule has 0 aromatic heterocycles. The van der Waals surface area contributed by atoms with Gasteiger partial charge in [-0.25, -0.2) is 4.39 Å². The van der Waals surface area contributed by atoms with E-state index in [9.17, 15) is 4.39 Å². The molecule has 0 heterocycles. The molecule has 1 unspecified atom stereocenters. The van der Waals surface area contributed by atoms with Crippen molar-refractivity contribution in [2.24, 2.45) is 0 Å². The summed E-state index contributed by atoms with van der Waals surface area (Å²) in [7, 11) is 1.80. The fourth-order valence-electron chi connectivity index (χ4n) is 2.90. The Labute approximate surface area is 115 Å². The van der Waals surface area contributed by atoms with E-state index in [0.717, 1.165) is 19.3 Å². The van der Waals surface area contributed by atoms with Gasteiger partial charge in [0, 0.05) is 19.2 Å². The number of methoxy groups -OCH3 is 1. The molecule has 1 N–H and O–H groups in total. The van der Waals surface area contributed by atoms with Crippen molar-refractivity contribution < 1.29 is 9.13 Å². The maximum absolute atomic E-state index is 12.8. The minimum Gasteiger partial charge on any atom is -0.381 e. The molecule has 0 amide bonds. The van der Waals surface area contributed by atoms with Crippen LogP contribution in [0.3, 0.4) is 0 Å². The van der Waals surface area contributed by atoms with Gasteiger partial charge in [-0.15, -0.1) is 0 Å². The zero-order valence-corrected chi connectivity index (χ0v) is 11.9. The molecule has 2 rings (SSSR count). The minimum absolute atomic E-state index is 0.165. The van der Waals surface area contributed by atoms with Crippen LogP contribution in [-0.4, -0.2) is 25.3 Å². The Bertz CT molecular complexity index is 371. The van der Waals surface area contributed by atoms with E-state index in [-0.39, 0.29) is 5.82 Å². The fourth-order valence-corrected chi connectivity index (χ4v) is 2.90. The normalized spacial score (nSPS) is 25.2. The predicted octanol–water partition coefficient (Wildman–Crippen LogP) is 3.30. The SMILES string of the molecule is COC1CCC(NC(C)Cc2ccc(F)cc2)CC1. The van der Waals surface area contributed by atoms with Crippen LogP contribution in [0.5, 0.6) is 0 Å². The number of rotatable bonds is 5. The molecule has 1 saturated carbocycles. The second-order valence-electron chi connectivity index (χ2n) is 5.61. The van der Waals surface area contributed by atoms with Crippen molar-refractivity contribution in [2.75, 3.05) is 7.11 Å². The summed E-state index contributed by atoms with van der Waals surface area (Å²) in [5.74, 6) is -0.165. The summed E-state index contributed by atoms with van der Waals surface area (Å²) < 4.78 is 18.2. The molecular formula is C16H24FNO. The third-order valence-corrected chi connectivity index (χ3v) is 3.98. The van der Waals surface area contributed by atoms with Crippen molar-refractivity contribution in [1.29, 1.82) is 0 Å². The third-order valence-electron chi connectivity index (χ3n) is 3.98. The van der Waals surface area contributed by atoms with Crippen LogP contribution in [-0.2, 0) is 11.2 Å². The Balaban J connectivity index is 1.75. The maximum Gasteiger partial charge on any atom is 0.123 e. The highest BCUT2D eigenvalue weighted by Gasteiger charge is 2.21. The van der Waals surface area contributed by atoms with Crippen molar-refractivity contribution in [3.8, 4) is 0 Å². The molecule has 0 aliphatic heterocycles. The molecule has 1 aromatic rings. The Hall–Kier alpha value is -0.930. The predicted molar refractivity (Wildman–Crippen MR) is 75.8 cm³/mol. The van der Waals surface area contributed by atoms with E-state index >= 15 is 0 Å². The molecule has 106 valence electrons. The van der Waals surface area contributed by atoms with E-state index < -0.39 is 0 Å². The summed E-state index contributed by atoms with van der Waals surface area (Å²) in [5, 5.41) is 3.68. The van der Waals surface area contributed by atoms with Gasteiger partial charge in [-0.3, -0.25) is 0 Å². The van der Waals surface area contributed by atoms with Gasteiger partial charge in [0.1, 0.15) is 5.82 Å². The van der Waals surface area contributed by atoms with E-state index in [4.69, 9.17) is 4.74 Å². The largest absolute Gasteiger partial charge is 0.381 e. The van der Waals surface area contributed by atoms with Crippen LogP contribution < -0.4 is 5.32 Å². The number of benzene rings is 1. The smallest absolute Gasteiger partial charge is 0.123 e. The molecule has 1 aliphatic carbocycles. The van der Waals surface area contributed by atoms with Crippen molar-refractivity contribution in [3.05, 3.63) is 35.6 Å². The summed E-state index contributed by atoms with van der Waals surface area (Å²) in [5.41, 5.74) is 1.19. The lowest BCUT2D eigenvalue weighted by molar-refractivity contribution is 0.0614. The summed E-state index contributed by atoms with van der Waals surface area (Å²) in [4.78, 5) is 0. The highest BCUT2D eigenvalue weighted by atomic mass is 19.1. The van der Waals surface area contributed by atoms with Gasteiger partial charge in [0.25, 0.3) is 0 Å². The van der Waals surface area contributed by atoms with Gasteiger partial charge < -0.3 is 10.1 Å². The van der Waals surface area contributed by atoms with E-state index in [2.05, 4.69) is 12.2 Å². The number of ether oxygens (including phenoxy) is 1. The fraction of sp³-hybridized carbons (Fsp3) is 0.625. The van der Waals surface area contributed by atoms with Crippen LogP contribution in [0, 0.1) is 5.82 Å². The monoisotopic (exact) mass is 265 g/mol. The first-order chi connectivity index (χ1) is 9.17. The molecule has 3 heteroatoms. The van der Waals surface area contributed by atoms with Gasteiger partial charge in [0.2, 0.25) is 0 Å². The van der Waals surface area contributed by atoms with Crippen molar-refractivity contribution >= 4 is 0 Å². The van der Waals surface area contributed by atoms with Crippen LogP contribution in [0.2, 0.25) is 0 Å². The van der Waals surface area contributed by atoms with Crippen LogP contribution in [0.15, 0.2) is 24.3 Å². The minimum atomic E-state index is -0.165. The molecular weight excluding hydrogens is 241 g/mol. The maximum atomic E-state index is 12.8. The van der Waals surface area contributed by atoms with Crippen LogP contribution in [0.25, 0.3) is 0 Å². The second kappa shape index (κ2) is 7.01. The van der Waals surface area contributed by atoms with Gasteiger partial charge in [-0.05, 0) is 56.7 Å². The van der Waals surface area contributed by atoms with E-state index in [1.807, 2.05) is 12.1 Å². The lowest BCUT2D eigenvalue weighted by Gasteiger charge is -2.30. The van der Waals surface area contributed by atoms with Crippen molar-refractivity contribution in [3.63, 3.8) is 0 Å². The van der Waals surface area contributed by atoms with E-state index in [1.165, 1.54) is 30.5 Å². The average molecular weight is 265 g/mol. The number of nitrogens with one attached hydrogen (secondary N) is 1. The zero-order chi connectivity index (χ0) is 13.7. The zero-order valence-electron chi connectivity index (χ0n) is 11.9. The highest BCUT2D eigenvalue weighted by molar-refractivity contribution is 5.17. The topological polar surface area (TPSA) is 21.3 Å². The van der Waals surface area contributed by atoms with Gasteiger partial charge in [-0.2, -0.15) is 0 Å². The Morgan fingerprint density at radius 2 is 1.84 bits per heavy atom. The molecule has 1 fully saturated rings. The number of hydrogen-bond acceptors (Lipinski definition) is 2. The Kier molecular flexibility index (Phi) is 5.34. The first-order valence-electron chi connectivity index (χ1n) is 7.20. The van der Waals surface area contributed by atoms with Crippen LogP contribution >= 0.6 is 0 Å². The molecule has 1 atom stereocenters. The molecule has 19 heavy (non-hydrogen) atoms. The van der Waals surface area contributed by atoms with E-state index in [0.29, 0.717) is 18.2 Å². The lowest BCUT2D eigenvalue weighted by atomic mass is 9.92. The summed E-state index contributed by atoms with van der Waals surface area (Å²) in [6.45, 7) is 2.20. The molecule has 0 bridgehead atoms. The van der Waals surface area contributed by atoms with Crippen molar-refractivity contribution in [2.45, 2.75) is 57.2 Å². The van der Waals surface area contributed by atoms with Gasteiger partial charge in [-0.1, -0.05) is 12.1 Å². The first kappa shape index (κ1) is 14.5. The first-order valence-corrected chi connectivity index (χ1v) is 7.20.